The molecule has 0 aromatic rings. The van der Waals surface area contributed by atoms with Gasteiger partial charge in [-0.1, -0.05) is 27.7 Å². The molecule has 13 heavy (non-hydrogen) atoms. The molecule has 0 bridgehead atoms. The molecule has 3 N–H and O–H groups in total. The number of rotatable bonds is 3. The summed E-state index contributed by atoms with van der Waals surface area (Å²) in [6.45, 7) is 9.13. The molecule has 0 saturated heterocycles. The predicted molar refractivity (Wildman–Crippen MR) is 55.3 cm³/mol. The van der Waals surface area contributed by atoms with Gasteiger partial charge in [-0.25, -0.2) is 0 Å². The lowest BCUT2D eigenvalue weighted by Gasteiger charge is -2.54. The van der Waals surface area contributed by atoms with Crippen LogP contribution >= 0.6 is 0 Å². The lowest BCUT2D eigenvalue weighted by atomic mass is 9.56. The van der Waals surface area contributed by atoms with E-state index in [1.807, 2.05) is 0 Å². The first-order chi connectivity index (χ1) is 5.82. The van der Waals surface area contributed by atoms with E-state index in [1.165, 1.54) is 0 Å². The van der Waals surface area contributed by atoms with E-state index in [-0.39, 0.29) is 5.41 Å². The summed E-state index contributed by atoms with van der Waals surface area (Å²) in [6, 6.07) is 0. The molecule has 1 saturated carbocycles. The third kappa shape index (κ3) is 1.75. The van der Waals surface area contributed by atoms with E-state index in [9.17, 15) is 5.11 Å². The molecule has 1 aliphatic carbocycles. The Morgan fingerprint density at radius 3 is 2.23 bits per heavy atom. The molecule has 1 fully saturated rings. The number of nitrogens with two attached hydrogens (primary N) is 1. The smallest absolute Gasteiger partial charge is 0.0716 e. The Morgan fingerprint density at radius 2 is 1.92 bits per heavy atom. The van der Waals surface area contributed by atoms with Gasteiger partial charge in [0, 0.05) is 12.0 Å². The van der Waals surface area contributed by atoms with E-state index in [1.54, 1.807) is 0 Å². The molecule has 0 unspecified atom stereocenters. The van der Waals surface area contributed by atoms with E-state index in [2.05, 4.69) is 27.7 Å². The maximum absolute atomic E-state index is 10.3. The van der Waals surface area contributed by atoms with Gasteiger partial charge in [0.1, 0.15) is 0 Å². The molecule has 0 amide bonds. The highest BCUT2D eigenvalue weighted by atomic mass is 16.3. The fourth-order valence-electron chi connectivity index (χ4n) is 2.02. The van der Waals surface area contributed by atoms with Crippen LogP contribution in [0.5, 0.6) is 0 Å². The summed E-state index contributed by atoms with van der Waals surface area (Å²) in [7, 11) is 0. The summed E-state index contributed by atoms with van der Waals surface area (Å²) < 4.78 is 0. The first-order valence-electron chi connectivity index (χ1n) is 5.25. The predicted octanol–water partition coefficient (Wildman–Crippen LogP) is 1.77. The second kappa shape index (κ2) is 3.25. The molecule has 0 heterocycles. The molecule has 2 heteroatoms. The van der Waals surface area contributed by atoms with Gasteiger partial charge in [0.05, 0.1) is 5.60 Å². The summed E-state index contributed by atoms with van der Waals surface area (Å²) >= 11 is 0. The van der Waals surface area contributed by atoms with Crippen LogP contribution in [-0.4, -0.2) is 17.3 Å². The highest BCUT2D eigenvalue weighted by Gasteiger charge is 2.52. The van der Waals surface area contributed by atoms with Crippen molar-refractivity contribution < 1.29 is 5.11 Å². The summed E-state index contributed by atoms with van der Waals surface area (Å²) in [5.74, 6) is 1.38. The molecule has 0 atom stereocenters. The maximum atomic E-state index is 10.3. The zero-order chi connectivity index (χ0) is 10.3. The Bertz CT molecular complexity index is 181. The van der Waals surface area contributed by atoms with Gasteiger partial charge in [-0.15, -0.1) is 0 Å². The number of hydrogen-bond acceptors (Lipinski definition) is 2. The molecule has 0 spiro atoms. The number of hydrogen-bond donors (Lipinski definition) is 2. The van der Waals surface area contributed by atoms with E-state index >= 15 is 0 Å². The van der Waals surface area contributed by atoms with Crippen molar-refractivity contribution in [2.75, 3.05) is 6.54 Å². The Balaban J connectivity index is 2.55. The molecule has 0 aliphatic heterocycles. The van der Waals surface area contributed by atoms with E-state index in [0.717, 1.165) is 12.8 Å². The summed E-state index contributed by atoms with van der Waals surface area (Å²) in [6.07, 6.45) is 1.85. The summed E-state index contributed by atoms with van der Waals surface area (Å²) in [5, 5.41) is 10.3. The van der Waals surface area contributed by atoms with E-state index in [0.29, 0.717) is 18.4 Å². The number of aliphatic hydroxyl groups is 1. The van der Waals surface area contributed by atoms with Gasteiger partial charge >= 0.3 is 0 Å². The van der Waals surface area contributed by atoms with Crippen LogP contribution in [0.4, 0.5) is 0 Å². The molecular formula is C11H23NO. The minimum Gasteiger partial charge on any atom is -0.389 e. The highest BCUT2D eigenvalue weighted by Crippen LogP contribution is 2.51. The van der Waals surface area contributed by atoms with Crippen LogP contribution in [0.15, 0.2) is 0 Å². The Hall–Kier alpha value is -0.0800. The fraction of sp³-hybridized carbons (Fsp3) is 1.00. The SMILES string of the molecule is CC(C)C1CC(O)(C(C)(C)CN)C1. The molecule has 2 nitrogen and oxygen atoms in total. The molecule has 0 aromatic heterocycles. The third-order valence-corrected chi connectivity index (χ3v) is 3.91. The van der Waals surface area contributed by atoms with Crippen LogP contribution in [-0.2, 0) is 0 Å². The van der Waals surface area contributed by atoms with Gasteiger partial charge < -0.3 is 10.8 Å². The van der Waals surface area contributed by atoms with E-state index in [4.69, 9.17) is 5.73 Å². The van der Waals surface area contributed by atoms with Crippen molar-refractivity contribution in [2.45, 2.75) is 46.1 Å². The fourth-order valence-corrected chi connectivity index (χ4v) is 2.02. The average molecular weight is 185 g/mol. The molecule has 0 radical (unpaired) electrons. The molecule has 1 aliphatic rings. The average Bonchev–Trinajstić information content (AvgIpc) is 1.97. The van der Waals surface area contributed by atoms with E-state index < -0.39 is 5.60 Å². The maximum Gasteiger partial charge on any atom is 0.0716 e. The van der Waals surface area contributed by atoms with Crippen LogP contribution < -0.4 is 5.73 Å². The minimum absolute atomic E-state index is 0.127. The third-order valence-electron chi connectivity index (χ3n) is 3.91. The first-order valence-corrected chi connectivity index (χ1v) is 5.25. The lowest BCUT2D eigenvalue weighted by Crippen LogP contribution is -2.58. The van der Waals surface area contributed by atoms with Crippen molar-refractivity contribution in [3.05, 3.63) is 0 Å². The first kappa shape index (κ1) is 11.0. The monoisotopic (exact) mass is 185 g/mol. The van der Waals surface area contributed by atoms with Crippen molar-refractivity contribution in [2.24, 2.45) is 23.0 Å². The quantitative estimate of drug-likeness (QED) is 0.704. The second-order valence-corrected chi connectivity index (χ2v) is 5.53. The normalized spacial score (nSPS) is 34.8. The highest BCUT2D eigenvalue weighted by molar-refractivity contribution is 5.04. The van der Waals surface area contributed by atoms with Crippen LogP contribution in [0.2, 0.25) is 0 Å². The van der Waals surface area contributed by atoms with Gasteiger partial charge in [-0.05, 0) is 24.7 Å². The zero-order valence-electron chi connectivity index (χ0n) is 9.30. The molecule has 1 rings (SSSR count). The van der Waals surface area contributed by atoms with Crippen LogP contribution in [0.1, 0.15) is 40.5 Å². The second-order valence-electron chi connectivity index (χ2n) is 5.53. The Morgan fingerprint density at radius 1 is 1.46 bits per heavy atom. The van der Waals surface area contributed by atoms with Crippen molar-refractivity contribution >= 4 is 0 Å². The molecule has 78 valence electrons. The van der Waals surface area contributed by atoms with Crippen molar-refractivity contribution in [3.8, 4) is 0 Å². The van der Waals surface area contributed by atoms with Gasteiger partial charge in [-0.3, -0.25) is 0 Å². The van der Waals surface area contributed by atoms with Crippen LogP contribution in [0.25, 0.3) is 0 Å². The van der Waals surface area contributed by atoms with Gasteiger partial charge in [-0.2, -0.15) is 0 Å². The molecule has 0 aromatic carbocycles. The largest absolute Gasteiger partial charge is 0.389 e. The lowest BCUT2D eigenvalue weighted by molar-refractivity contribution is -0.160. The Labute approximate surface area is 81.5 Å². The van der Waals surface area contributed by atoms with Gasteiger partial charge in [0.15, 0.2) is 0 Å². The van der Waals surface area contributed by atoms with Gasteiger partial charge in [0.25, 0.3) is 0 Å². The zero-order valence-corrected chi connectivity index (χ0v) is 9.30. The topological polar surface area (TPSA) is 46.2 Å². The van der Waals surface area contributed by atoms with Crippen molar-refractivity contribution in [3.63, 3.8) is 0 Å². The summed E-state index contributed by atoms with van der Waals surface area (Å²) in [5.41, 5.74) is 5.03. The standard InChI is InChI=1S/C11H23NO/c1-8(2)9-5-11(13,6-9)10(3,4)7-12/h8-9,13H,5-7,12H2,1-4H3. The van der Waals surface area contributed by atoms with Crippen molar-refractivity contribution in [1.29, 1.82) is 0 Å². The van der Waals surface area contributed by atoms with Gasteiger partial charge in [0.2, 0.25) is 0 Å². The summed E-state index contributed by atoms with van der Waals surface area (Å²) in [4.78, 5) is 0. The molecular weight excluding hydrogens is 162 g/mol. The van der Waals surface area contributed by atoms with Crippen molar-refractivity contribution in [1.82, 2.24) is 0 Å². The minimum atomic E-state index is -0.503. The van der Waals surface area contributed by atoms with Crippen LogP contribution in [0, 0.1) is 17.3 Å². The Kier molecular flexibility index (Phi) is 2.75. The van der Waals surface area contributed by atoms with Crippen LogP contribution in [0.3, 0.4) is 0 Å².